The molecule has 1 aliphatic carbocycles. The van der Waals surface area contributed by atoms with Gasteiger partial charge < -0.3 is 19.8 Å². The first-order valence-corrected chi connectivity index (χ1v) is 13.2. The number of nitrogens with zero attached hydrogens (tertiary/aromatic N) is 4. The van der Waals surface area contributed by atoms with Crippen LogP contribution in [0.15, 0.2) is 47.1 Å². The monoisotopic (exact) mass is 538 g/mol. The van der Waals surface area contributed by atoms with E-state index in [1.54, 1.807) is 24.3 Å². The number of aromatic nitrogens is 2. The minimum Gasteiger partial charge on any atom is -0.491 e. The molecule has 8 heteroatoms. The van der Waals surface area contributed by atoms with Gasteiger partial charge in [0.15, 0.2) is 0 Å². The van der Waals surface area contributed by atoms with Crippen LogP contribution in [0.4, 0.5) is 5.69 Å². The molecule has 2 aliphatic rings. The van der Waals surface area contributed by atoms with Gasteiger partial charge in [-0.2, -0.15) is 10.4 Å². The molecule has 2 atom stereocenters. The zero-order valence-corrected chi connectivity index (χ0v) is 21.3. The van der Waals surface area contributed by atoms with E-state index in [-0.39, 0.29) is 19.1 Å². The number of anilines is 1. The van der Waals surface area contributed by atoms with E-state index < -0.39 is 6.10 Å². The van der Waals surface area contributed by atoms with Crippen molar-refractivity contribution in [1.29, 1.82) is 5.26 Å². The second kappa shape index (κ2) is 10.6. The van der Waals surface area contributed by atoms with Crippen LogP contribution in [0.3, 0.4) is 0 Å². The predicted octanol–water partition coefficient (Wildman–Crippen LogP) is 4.66. The Kier molecular flexibility index (Phi) is 7.28. The number of rotatable bonds is 7. The summed E-state index contributed by atoms with van der Waals surface area (Å²) in [7, 11) is 0. The SMILES string of the molecule is N#Cc1cccc(OCC(O)[C@@H]2CCN(c3cc4nn(C5CCC(CO)CC5)cc4cc3Br)C2)c1. The van der Waals surface area contributed by atoms with Crippen LogP contribution >= 0.6 is 15.9 Å². The molecule has 1 aromatic heterocycles. The Balaban J connectivity index is 1.23. The van der Waals surface area contributed by atoms with Gasteiger partial charge in [0.25, 0.3) is 0 Å². The van der Waals surface area contributed by atoms with E-state index in [0.29, 0.717) is 23.3 Å². The van der Waals surface area contributed by atoms with E-state index in [0.717, 1.165) is 66.3 Å². The first-order chi connectivity index (χ1) is 17.0. The second-order valence-electron chi connectivity index (χ2n) is 9.84. The van der Waals surface area contributed by atoms with Gasteiger partial charge in [-0.25, -0.2) is 0 Å². The highest BCUT2D eigenvalue weighted by molar-refractivity contribution is 9.10. The fourth-order valence-corrected chi connectivity index (χ4v) is 5.98. The Bertz CT molecular complexity index is 1210. The Hall–Kier alpha value is -2.60. The van der Waals surface area contributed by atoms with Gasteiger partial charge in [-0.1, -0.05) is 6.07 Å². The molecule has 3 aromatic rings. The largest absolute Gasteiger partial charge is 0.491 e. The molecule has 0 bridgehead atoms. The standard InChI is InChI=1S/C27H31BrN4O3/c28-24-11-21-15-32(22-6-4-18(16-33)5-7-22)30-25(21)12-26(24)31-9-8-20(14-31)27(34)17-35-23-3-1-2-19(10-23)13-29/h1-3,10-12,15,18,20,22,27,33-34H,4-9,14,16-17H2/t18?,20-,22?,27?/m1/s1. The van der Waals surface area contributed by atoms with E-state index in [9.17, 15) is 10.2 Å². The van der Waals surface area contributed by atoms with Gasteiger partial charge in [0.05, 0.1) is 35.0 Å². The molecule has 2 heterocycles. The summed E-state index contributed by atoms with van der Waals surface area (Å²) in [5, 5.41) is 35.3. The molecule has 184 valence electrons. The molecule has 2 aromatic carbocycles. The topological polar surface area (TPSA) is 94.5 Å². The minimum absolute atomic E-state index is 0.107. The summed E-state index contributed by atoms with van der Waals surface area (Å²) in [5.41, 5.74) is 2.63. The first kappa shape index (κ1) is 24.1. The Morgan fingerprint density at radius 1 is 1.17 bits per heavy atom. The number of benzene rings is 2. The number of halogens is 1. The summed E-state index contributed by atoms with van der Waals surface area (Å²) >= 11 is 3.76. The highest BCUT2D eigenvalue weighted by Crippen LogP contribution is 2.37. The van der Waals surface area contributed by atoms with Crippen LogP contribution < -0.4 is 9.64 Å². The molecule has 1 aliphatic heterocycles. The summed E-state index contributed by atoms with van der Waals surface area (Å²) in [4.78, 5) is 2.30. The lowest BCUT2D eigenvalue weighted by atomic mass is 9.87. The molecule has 1 saturated heterocycles. The van der Waals surface area contributed by atoms with E-state index in [1.165, 1.54) is 0 Å². The Morgan fingerprint density at radius 2 is 2.00 bits per heavy atom. The quantitative estimate of drug-likeness (QED) is 0.454. The summed E-state index contributed by atoms with van der Waals surface area (Å²) in [6, 6.07) is 13.8. The molecule has 2 fully saturated rings. The Morgan fingerprint density at radius 3 is 2.77 bits per heavy atom. The van der Waals surface area contributed by atoms with Crippen LogP contribution in [0.25, 0.3) is 10.9 Å². The zero-order valence-electron chi connectivity index (χ0n) is 19.7. The maximum absolute atomic E-state index is 10.8. The van der Waals surface area contributed by atoms with Gasteiger partial charge in [0.1, 0.15) is 12.4 Å². The lowest BCUT2D eigenvalue weighted by molar-refractivity contribution is 0.0647. The van der Waals surface area contributed by atoms with Crippen molar-refractivity contribution in [2.75, 3.05) is 31.2 Å². The van der Waals surface area contributed by atoms with E-state index in [1.807, 2.05) is 0 Å². The molecule has 0 amide bonds. The van der Waals surface area contributed by atoms with Crippen LogP contribution in [-0.4, -0.2) is 52.4 Å². The molecule has 0 radical (unpaired) electrons. The van der Waals surface area contributed by atoms with Crippen molar-refractivity contribution in [3.8, 4) is 11.8 Å². The number of hydrogen-bond donors (Lipinski definition) is 2. The smallest absolute Gasteiger partial charge is 0.120 e. The minimum atomic E-state index is -0.582. The number of hydrogen-bond acceptors (Lipinski definition) is 6. The average molecular weight is 539 g/mol. The van der Waals surface area contributed by atoms with Crippen LogP contribution in [0, 0.1) is 23.2 Å². The number of fused-ring (bicyclic) bond motifs is 1. The molecule has 2 N–H and O–H groups in total. The van der Waals surface area contributed by atoms with Crippen molar-refractivity contribution < 1.29 is 14.9 Å². The van der Waals surface area contributed by atoms with Crippen molar-refractivity contribution in [1.82, 2.24) is 9.78 Å². The fourth-order valence-electron chi connectivity index (χ4n) is 5.37. The third-order valence-corrected chi connectivity index (χ3v) is 8.17. The second-order valence-corrected chi connectivity index (χ2v) is 10.7. The molecule has 7 nitrogen and oxygen atoms in total. The fraction of sp³-hybridized carbons (Fsp3) is 0.481. The average Bonchev–Trinajstić information content (AvgIpc) is 3.54. The van der Waals surface area contributed by atoms with Gasteiger partial charge in [-0.05, 0) is 84.3 Å². The van der Waals surface area contributed by atoms with Crippen molar-refractivity contribution >= 4 is 32.5 Å². The number of aliphatic hydroxyl groups excluding tert-OH is 2. The molecule has 35 heavy (non-hydrogen) atoms. The molecular formula is C27H31BrN4O3. The van der Waals surface area contributed by atoms with Crippen LogP contribution in [-0.2, 0) is 0 Å². The summed E-state index contributed by atoms with van der Waals surface area (Å²) in [5.74, 6) is 1.14. The third kappa shape index (κ3) is 5.32. The van der Waals surface area contributed by atoms with E-state index in [4.69, 9.17) is 15.1 Å². The van der Waals surface area contributed by atoms with Gasteiger partial charge in [0, 0.05) is 41.7 Å². The predicted molar refractivity (Wildman–Crippen MR) is 138 cm³/mol. The molecule has 0 spiro atoms. The number of nitriles is 1. The lowest BCUT2D eigenvalue weighted by Crippen LogP contribution is -2.30. The van der Waals surface area contributed by atoms with Gasteiger partial charge in [-0.3, -0.25) is 4.68 Å². The molecule has 1 saturated carbocycles. The van der Waals surface area contributed by atoms with Gasteiger partial charge in [-0.15, -0.1) is 0 Å². The number of ether oxygens (including phenoxy) is 1. The summed E-state index contributed by atoms with van der Waals surface area (Å²) in [6.07, 6.45) is 6.67. The summed E-state index contributed by atoms with van der Waals surface area (Å²) in [6.45, 7) is 2.10. The Labute approximate surface area is 214 Å². The zero-order chi connectivity index (χ0) is 24.4. The normalized spacial score (nSPS) is 23.4. The number of aliphatic hydroxyl groups is 2. The van der Waals surface area contributed by atoms with Crippen molar-refractivity contribution in [3.63, 3.8) is 0 Å². The third-order valence-electron chi connectivity index (χ3n) is 7.53. The van der Waals surface area contributed by atoms with Gasteiger partial charge in [0.2, 0.25) is 0 Å². The van der Waals surface area contributed by atoms with Crippen molar-refractivity contribution in [2.45, 2.75) is 44.2 Å². The lowest BCUT2D eigenvalue weighted by Gasteiger charge is -2.27. The van der Waals surface area contributed by atoms with E-state index in [2.05, 4.69) is 49.9 Å². The van der Waals surface area contributed by atoms with Gasteiger partial charge >= 0.3 is 0 Å². The molecule has 1 unspecified atom stereocenters. The van der Waals surface area contributed by atoms with E-state index >= 15 is 0 Å². The highest BCUT2D eigenvalue weighted by atomic mass is 79.9. The maximum Gasteiger partial charge on any atom is 0.120 e. The summed E-state index contributed by atoms with van der Waals surface area (Å²) < 4.78 is 8.91. The van der Waals surface area contributed by atoms with Crippen LogP contribution in [0.2, 0.25) is 0 Å². The van der Waals surface area contributed by atoms with Crippen molar-refractivity contribution in [2.24, 2.45) is 11.8 Å². The van der Waals surface area contributed by atoms with Crippen molar-refractivity contribution in [3.05, 3.63) is 52.6 Å². The highest BCUT2D eigenvalue weighted by Gasteiger charge is 2.30. The molecular weight excluding hydrogens is 508 g/mol. The first-order valence-electron chi connectivity index (χ1n) is 12.4. The maximum atomic E-state index is 10.8. The molecule has 5 rings (SSSR count). The van der Waals surface area contributed by atoms with Crippen LogP contribution in [0.1, 0.15) is 43.7 Å². The van der Waals surface area contributed by atoms with Crippen LogP contribution in [0.5, 0.6) is 5.75 Å².